The summed E-state index contributed by atoms with van der Waals surface area (Å²) in [6, 6.07) is 6.43. The third kappa shape index (κ3) is 4.14. The van der Waals surface area contributed by atoms with Gasteiger partial charge in [0.25, 0.3) is 0 Å². The molecule has 0 radical (unpaired) electrons. The summed E-state index contributed by atoms with van der Waals surface area (Å²) in [4.78, 5) is 0. The summed E-state index contributed by atoms with van der Waals surface area (Å²) in [6.07, 6.45) is 2.59. The molecule has 0 bridgehead atoms. The third-order valence-corrected chi connectivity index (χ3v) is 3.47. The van der Waals surface area contributed by atoms with Gasteiger partial charge < -0.3 is 14.8 Å². The zero-order valence-corrected chi connectivity index (χ0v) is 12.8. The molecule has 0 aliphatic rings. The van der Waals surface area contributed by atoms with E-state index >= 15 is 0 Å². The van der Waals surface area contributed by atoms with Crippen LogP contribution >= 0.6 is 0 Å². The van der Waals surface area contributed by atoms with E-state index in [1.807, 2.05) is 13.0 Å². The first-order valence-electron chi connectivity index (χ1n) is 6.97. The quantitative estimate of drug-likeness (QED) is 0.740. The van der Waals surface area contributed by atoms with Crippen LogP contribution in [0, 0.1) is 18.3 Å². The van der Waals surface area contributed by atoms with Crippen LogP contribution in [0.25, 0.3) is 0 Å². The molecule has 0 aromatic heterocycles. The Morgan fingerprint density at radius 3 is 2.60 bits per heavy atom. The van der Waals surface area contributed by atoms with Crippen molar-refractivity contribution >= 4 is 0 Å². The maximum Gasteiger partial charge on any atom is 0.163 e. The van der Waals surface area contributed by atoms with Gasteiger partial charge in [0.2, 0.25) is 0 Å². The van der Waals surface area contributed by atoms with E-state index in [-0.39, 0.29) is 6.04 Å². The molecule has 0 saturated heterocycles. The standard InChI is InChI=1S/C16H24N2O2/c1-12-14(8-9-15(19-3)16(12)20-4)13(2)18-11-7-5-6-10-17/h8-9,13,18H,5-7,11H2,1-4H3. The number of benzene rings is 1. The first-order chi connectivity index (χ1) is 9.65. The van der Waals surface area contributed by atoms with Gasteiger partial charge >= 0.3 is 0 Å². The summed E-state index contributed by atoms with van der Waals surface area (Å²) in [5.41, 5.74) is 2.31. The van der Waals surface area contributed by atoms with Crippen molar-refractivity contribution < 1.29 is 9.47 Å². The average molecular weight is 276 g/mol. The molecule has 0 saturated carbocycles. The lowest BCUT2D eigenvalue weighted by atomic mass is 10.0. The van der Waals surface area contributed by atoms with Crippen molar-refractivity contribution in [3.63, 3.8) is 0 Å². The smallest absolute Gasteiger partial charge is 0.163 e. The van der Waals surface area contributed by atoms with Crippen molar-refractivity contribution in [2.75, 3.05) is 20.8 Å². The van der Waals surface area contributed by atoms with Gasteiger partial charge in [-0.05, 0) is 50.4 Å². The fraction of sp³-hybridized carbons (Fsp3) is 0.562. The number of methoxy groups -OCH3 is 2. The highest BCUT2D eigenvalue weighted by Crippen LogP contribution is 2.34. The molecule has 0 aliphatic heterocycles. The molecular weight excluding hydrogens is 252 g/mol. The molecule has 0 amide bonds. The van der Waals surface area contributed by atoms with Crippen LogP contribution in [0.5, 0.6) is 11.5 Å². The van der Waals surface area contributed by atoms with Crippen molar-refractivity contribution in [2.45, 2.75) is 39.2 Å². The maximum absolute atomic E-state index is 8.50. The normalized spacial score (nSPS) is 11.8. The van der Waals surface area contributed by atoms with Gasteiger partial charge in [-0.2, -0.15) is 5.26 Å². The number of rotatable bonds is 8. The third-order valence-electron chi connectivity index (χ3n) is 3.47. The number of ether oxygens (including phenoxy) is 2. The summed E-state index contributed by atoms with van der Waals surface area (Å²) >= 11 is 0. The summed E-state index contributed by atoms with van der Waals surface area (Å²) in [7, 11) is 3.31. The lowest BCUT2D eigenvalue weighted by Crippen LogP contribution is -2.20. The van der Waals surface area contributed by atoms with E-state index in [1.54, 1.807) is 14.2 Å². The number of nitrogens with one attached hydrogen (secondary N) is 1. The second kappa shape index (κ2) is 8.44. The number of nitriles is 1. The first kappa shape index (κ1) is 16.3. The molecule has 0 aliphatic carbocycles. The highest BCUT2D eigenvalue weighted by Gasteiger charge is 2.15. The number of nitrogens with zero attached hydrogens (tertiary/aromatic N) is 1. The molecule has 1 N–H and O–H groups in total. The molecular formula is C16H24N2O2. The molecule has 20 heavy (non-hydrogen) atoms. The lowest BCUT2D eigenvalue weighted by Gasteiger charge is -2.20. The van der Waals surface area contributed by atoms with Crippen LogP contribution in [0.15, 0.2) is 12.1 Å². The van der Waals surface area contributed by atoms with Crippen LogP contribution in [0.4, 0.5) is 0 Å². The van der Waals surface area contributed by atoms with E-state index in [9.17, 15) is 0 Å². The predicted molar refractivity (Wildman–Crippen MR) is 80.2 cm³/mol. The van der Waals surface area contributed by atoms with Crippen LogP contribution in [-0.4, -0.2) is 20.8 Å². The van der Waals surface area contributed by atoms with Crippen molar-refractivity contribution in [3.05, 3.63) is 23.3 Å². The van der Waals surface area contributed by atoms with Crippen molar-refractivity contribution in [1.82, 2.24) is 5.32 Å². The summed E-state index contributed by atoms with van der Waals surface area (Å²) in [5, 5.41) is 12.0. The van der Waals surface area contributed by atoms with E-state index in [2.05, 4.69) is 24.4 Å². The van der Waals surface area contributed by atoms with Crippen LogP contribution in [0.1, 0.15) is 43.4 Å². The molecule has 1 aromatic rings. The van der Waals surface area contributed by atoms with Crippen LogP contribution < -0.4 is 14.8 Å². The molecule has 1 atom stereocenters. The van der Waals surface area contributed by atoms with Gasteiger partial charge in [-0.15, -0.1) is 0 Å². The molecule has 1 unspecified atom stereocenters. The SMILES string of the molecule is COc1ccc(C(C)NCCCCC#N)c(C)c1OC. The van der Waals surface area contributed by atoms with E-state index < -0.39 is 0 Å². The van der Waals surface area contributed by atoms with Crippen LogP contribution in [-0.2, 0) is 0 Å². The summed E-state index contributed by atoms with van der Waals surface area (Å²) in [5.74, 6) is 1.55. The summed E-state index contributed by atoms with van der Waals surface area (Å²) < 4.78 is 10.7. The second-order valence-corrected chi connectivity index (χ2v) is 4.81. The lowest BCUT2D eigenvalue weighted by molar-refractivity contribution is 0.351. The minimum atomic E-state index is 0.247. The fourth-order valence-corrected chi connectivity index (χ4v) is 2.32. The Morgan fingerprint density at radius 2 is 2.00 bits per heavy atom. The minimum Gasteiger partial charge on any atom is -0.493 e. The van der Waals surface area contributed by atoms with Crippen LogP contribution in [0.3, 0.4) is 0 Å². The molecule has 110 valence electrons. The number of unbranched alkanes of at least 4 members (excludes halogenated alkanes) is 2. The van der Waals surface area contributed by atoms with Crippen molar-refractivity contribution in [3.8, 4) is 17.6 Å². The van der Waals surface area contributed by atoms with E-state index in [0.717, 1.165) is 36.4 Å². The van der Waals surface area contributed by atoms with Gasteiger partial charge in [-0.1, -0.05) is 6.07 Å². The largest absolute Gasteiger partial charge is 0.493 e. The van der Waals surface area contributed by atoms with E-state index in [0.29, 0.717) is 6.42 Å². The Hall–Kier alpha value is -1.73. The van der Waals surface area contributed by atoms with E-state index in [1.165, 1.54) is 5.56 Å². The monoisotopic (exact) mass is 276 g/mol. The minimum absolute atomic E-state index is 0.247. The molecule has 0 spiro atoms. The van der Waals surface area contributed by atoms with Crippen molar-refractivity contribution in [1.29, 1.82) is 5.26 Å². The number of hydrogen-bond acceptors (Lipinski definition) is 4. The Bertz CT molecular complexity index is 466. The van der Waals surface area contributed by atoms with Gasteiger partial charge in [0.05, 0.1) is 20.3 Å². The van der Waals surface area contributed by atoms with Crippen LogP contribution in [0.2, 0.25) is 0 Å². The highest BCUT2D eigenvalue weighted by atomic mass is 16.5. The molecule has 1 rings (SSSR count). The molecule has 4 heteroatoms. The molecule has 0 heterocycles. The highest BCUT2D eigenvalue weighted by molar-refractivity contribution is 5.50. The van der Waals surface area contributed by atoms with Gasteiger partial charge in [-0.3, -0.25) is 0 Å². The number of hydrogen-bond donors (Lipinski definition) is 1. The van der Waals surface area contributed by atoms with Gasteiger partial charge in [0.15, 0.2) is 11.5 Å². The predicted octanol–water partition coefficient (Wildman–Crippen LogP) is 3.36. The molecule has 1 aromatic carbocycles. The average Bonchev–Trinajstić information content (AvgIpc) is 2.46. The Kier molecular flexibility index (Phi) is 6.89. The molecule has 4 nitrogen and oxygen atoms in total. The van der Waals surface area contributed by atoms with Gasteiger partial charge in [0, 0.05) is 12.5 Å². The molecule has 0 fully saturated rings. The fourth-order valence-electron chi connectivity index (χ4n) is 2.32. The van der Waals surface area contributed by atoms with Gasteiger partial charge in [0.1, 0.15) is 0 Å². The maximum atomic E-state index is 8.50. The van der Waals surface area contributed by atoms with Gasteiger partial charge in [-0.25, -0.2) is 0 Å². The zero-order chi connectivity index (χ0) is 15.0. The summed E-state index contributed by atoms with van der Waals surface area (Å²) in [6.45, 7) is 5.10. The Morgan fingerprint density at radius 1 is 1.25 bits per heavy atom. The Balaban J connectivity index is 2.69. The zero-order valence-electron chi connectivity index (χ0n) is 12.8. The second-order valence-electron chi connectivity index (χ2n) is 4.81. The Labute approximate surface area is 121 Å². The first-order valence-corrected chi connectivity index (χ1v) is 6.97. The topological polar surface area (TPSA) is 54.3 Å². The van der Waals surface area contributed by atoms with E-state index in [4.69, 9.17) is 14.7 Å². The van der Waals surface area contributed by atoms with Crippen molar-refractivity contribution in [2.24, 2.45) is 0 Å².